The van der Waals surface area contributed by atoms with Crippen molar-refractivity contribution in [2.75, 3.05) is 47.5 Å². The van der Waals surface area contributed by atoms with Gasteiger partial charge in [0.05, 0.1) is 0 Å². The van der Waals surface area contributed by atoms with Crippen LogP contribution < -0.4 is 0 Å². The second-order valence-corrected chi connectivity index (χ2v) is 34.2. The summed E-state index contributed by atoms with van der Waals surface area (Å²) in [6, 6.07) is 0. The van der Waals surface area contributed by atoms with Crippen molar-refractivity contribution in [1.82, 2.24) is 0 Å². The molecular weight excluding hydrogens is 973 g/mol. The summed E-state index contributed by atoms with van der Waals surface area (Å²) < 4.78 is 0.416. The first kappa shape index (κ1) is 94.9. The summed E-state index contributed by atoms with van der Waals surface area (Å²) in [6.45, 7) is 51.7. The average molecular weight is 1100 g/mol. The third-order valence-electron chi connectivity index (χ3n) is 5.86. The average Bonchev–Trinajstić information content (AvgIpc) is 3.06. The van der Waals surface area contributed by atoms with E-state index in [0.29, 0.717) is 4.75 Å². The molecule has 0 rings (SSSR count). The van der Waals surface area contributed by atoms with E-state index < -0.39 is 0 Å². The van der Waals surface area contributed by atoms with Crippen LogP contribution in [0.1, 0.15) is 209 Å². The molecule has 0 saturated carbocycles. The zero-order valence-electron chi connectivity index (χ0n) is 42.1. The molecule has 0 aliphatic rings. The van der Waals surface area contributed by atoms with Crippen LogP contribution in [0, 0.1) is 41.4 Å². The fourth-order valence-electron chi connectivity index (χ4n) is 2.17. The molecule has 0 aliphatic carbocycles. The molecule has 0 radical (unpaired) electrons. The minimum absolute atomic E-state index is 0. The van der Waals surface area contributed by atoms with Gasteiger partial charge in [-0.3, -0.25) is 0 Å². The maximum absolute atomic E-state index is 2.29. The molecule has 0 aromatic rings. The molecule has 0 N–H and O–H groups in total. The molecule has 0 aromatic carbocycles. The Morgan fingerprint density at radius 3 is 0.934 bits per heavy atom. The van der Waals surface area contributed by atoms with E-state index >= 15 is 0 Å². The Morgan fingerprint density at radius 2 is 0.738 bits per heavy atom. The van der Waals surface area contributed by atoms with Gasteiger partial charge in [0.1, 0.15) is 0 Å². The van der Waals surface area contributed by atoms with Gasteiger partial charge in [-0.15, -0.1) is 0 Å². The molecule has 0 spiro atoms. The molecule has 0 nitrogen and oxygen atoms in total. The van der Waals surface area contributed by atoms with Crippen LogP contribution in [-0.2, 0) is 0 Å². The quantitative estimate of drug-likeness (QED) is 0.0749. The van der Waals surface area contributed by atoms with Gasteiger partial charge in [-0.1, -0.05) is 332 Å². The fraction of sp³-hybridized carbons (Fsp3) is 1.00. The van der Waals surface area contributed by atoms with Gasteiger partial charge >= 0.3 is 0 Å². The lowest BCUT2D eigenvalue weighted by atomic mass is 10.1. The third-order valence-corrected chi connectivity index (χ3v) is 23.0. The summed E-state index contributed by atoms with van der Waals surface area (Å²) >= 11 is 0. The summed E-state index contributed by atoms with van der Waals surface area (Å²) in [5.41, 5.74) is 0. The van der Waals surface area contributed by atoms with E-state index in [9.17, 15) is 0 Å². The van der Waals surface area contributed by atoms with E-state index in [1.54, 1.807) is 0 Å². The SMILES string of the molecule is C.C.C.C.C.CC(C)CSSC(C)(C)C.CC(C)CSSC(C)C.CCC(C)C.CCC(SSC)C(C)C.CCSSCC(C)C.CSSC(C)C(C)C.CSSCC(C)C. The second-order valence-electron chi connectivity index (χ2n) is 17.1. The van der Waals surface area contributed by atoms with Crippen molar-refractivity contribution in [2.45, 2.75) is 230 Å². The second kappa shape index (κ2) is 73.2. The fourth-order valence-corrected chi connectivity index (χ4v) is 15.7. The first-order valence-corrected chi connectivity index (χ1v) is 36.3. The van der Waals surface area contributed by atoms with Crippen molar-refractivity contribution in [3.05, 3.63) is 0 Å². The minimum Gasteiger partial charge on any atom is -0.0976 e. The Labute approximate surface area is 443 Å². The Hall–Kier alpha value is 4.20. The lowest BCUT2D eigenvalue weighted by Gasteiger charge is -2.16. The molecule has 0 saturated heterocycles. The Balaban J connectivity index is -0.0000000456. The van der Waals surface area contributed by atoms with E-state index in [1.165, 1.54) is 41.6 Å². The maximum atomic E-state index is 2.29. The van der Waals surface area contributed by atoms with Crippen molar-refractivity contribution in [3.63, 3.8) is 0 Å². The molecule has 2 atom stereocenters. The van der Waals surface area contributed by atoms with Gasteiger partial charge in [-0.05, 0) is 66.6 Å². The summed E-state index contributed by atoms with van der Waals surface area (Å²) in [7, 11) is 23.3. The van der Waals surface area contributed by atoms with Crippen molar-refractivity contribution >= 4 is 130 Å². The monoisotopic (exact) mass is 1090 g/mol. The molecule has 2 unspecified atom stereocenters. The lowest BCUT2D eigenvalue weighted by Crippen LogP contribution is -2.07. The highest BCUT2D eigenvalue weighted by Gasteiger charge is 2.11. The molecule has 12 heteroatoms. The Kier molecular flexibility index (Phi) is 114. The largest absolute Gasteiger partial charge is 0.0976 e. The molecule has 0 heterocycles. The number of hydrogen-bond donors (Lipinski definition) is 0. The van der Waals surface area contributed by atoms with Crippen LogP contribution in [0.3, 0.4) is 0 Å². The lowest BCUT2D eigenvalue weighted by molar-refractivity contribution is 0.596. The highest BCUT2D eigenvalue weighted by Crippen LogP contribution is 2.36. The maximum Gasteiger partial charge on any atom is 0.0179 e. The summed E-state index contributed by atoms with van der Waals surface area (Å²) in [5.74, 6) is 12.2. The predicted molar refractivity (Wildman–Crippen MR) is 345 cm³/mol. The van der Waals surface area contributed by atoms with Gasteiger partial charge in [0.25, 0.3) is 0 Å². The van der Waals surface area contributed by atoms with Crippen molar-refractivity contribution in [3.8, 4) is 0 Å². The Morgan fingerprint density at radius 1 is 0.377 bits per heavy atom. The van der Waals surface area contributed by atoms with Crippen LogP contribution in [0.2, 0.25) is 0 Å². The third kappa shape index (κ3) is 127. The van der Waals surface area contributed by atoms with Crippen LogP contribution in [0.5, 0.6) is 0 Å². The molecular formula is C49H122S12. The zero-order chi connectivity index (χ0) is 45.7. The molecule has 390 valence electrons. The van der Waals surface area contributed by atoms with Gasteiger partial charge < -0.3 is 0 Å². The van der Waals surface area contributed by atoms with Gasteiger partial charge in [0.2, 0.25) is 0 Å². The van der Waals surface area contributed by atoms with E-state index in [1.807, 2.05) is 130 Å². The number of hydrogen-bond acceptors (Lipinski definition) is 12. The predicted octanol–water partition coefficient (Wildman–Crippen LogP) is 24.7. The summed E-state index contributed by atoms with van der Waals surface area (Å²) in [4.78, 5) is 0. The minimum atomic E-state index is 0. The zero-order valence-corrected chi connectivity index (χ0v) is 51.9. The summed E-state index contributed by atoms with van der Waals surface area (Å²) in [6.07, 6.45) is 9.00. The molecule has 0 bridgehead atoms. The highest BCUT2D eigenvalue weighted by atomic mass is 33.1. The standard InChI is InChI=1S/C8H18S2.2C7H16S2.2C6H14S2.C5H12S2.C5H12.5CH4/c1-7(2)6-9-10-8(3,4)5;1-6(2)5-8-9-7(3)4;1-5-7(6(2)3)9-8-4;1-5(2)6(3)8-7-4;1-4-7-8-5-6(2)3;1-5(2)4-7-6-3;1-4-5(2)3;;;;;/h7H,6H2,1-5H3;2*6-7H,5H2,1-4H3;5-6H,1-4H3;6H,4-5H2,1-3H3;5H,4H2,1-3H3;5H,4H2,1-3H3;5*1H4. The first-order chi connectivity index (χ1) is 25.8. The van der Waals surface area contributed by atoms with Crippen LogP contribution in [0.4, 0.5) is 0 Å². The van der Waals surface area contributed by atoms with Gasteiger partial charge in [-0.2, -0.15) is 0 Å². The van der Waals surface area contributed by atoms with Crippen LogP contribution in [-0.4, -0.2) is 68.0 Å². The van der Waals surface area contributed by atoms with Crippen molar-refractivity contribution in [1.29, 1.82) is 0 Å². The van der Waals surface area contributed by atoms with E-state index in [-0.39, 0.29) is 37.1 Å². The molecule has 0 amide bonds. The van der Waals surface area contributed by atoms with E-state index in [0.717, 1.165) is 57.2 Å². The topological polar surface area (TPSA) is 0 Å². The van der Waals surface area contributed by atoms with Crippen LogP contribution >= 0.6 is 130 Å². The van der Waals surface area contributed by atoms with E-state index in [4.69, 9.17) is 0 Å². The highest BCUT2D eigenvalue weighted by molar-refractivity contribution is 8.78. The van der Waals surface area contributed by atoms with Gasteiger partial charge in [0, 0.05) is 49.3 Å². The van der Waals surface area contributed by atoms with Crippen LogP contribution in [0.25, 0.3) is 0 Å². The molecule has 0 fully saturated rings. The molecule has 0 aliphatic heterocycles. The first-order valence-electron chi connectivity index (χ1n) is 21.1. The summed E-state index contributed by atoms with van der Waals surface area (Å²) in [5, 5.41) is 2.42. The molecule has 61 heavy (non-hydrogen) atoms. The smallest absolute Gasteiger partial charge is 0.0179 e. The van der Waals surface area contributed by atoms with Gasteiger partial charge in [0.15, 0.2) is 0 Å². The van der Waals surface area contributed by atoms with Gasteiger partial charge in [-0.25, -0.2) is 0 Å². The van der Waals surface area contributed by atoms with Crippen molar-refractivity contribution < 1.29 is 0 Å². The van der Waals surface area contributed by atoms with Crippen LogP contribution in [0.15, 0.2) is 0 Å². The van der Waals surface area contributed by atoms with E-state index in [2.05, 4.69) is 178 Å². The normalized spacial score (nSPS) is 11.1. The van der Waals surface area contributed by atoms with Crippen molar-refractivity contribution in [2.24, 2.45) is 41.4 Å². The molecule has 0 aromatic heterocycles. The number of rotatable bonds is 22. The Bertz CT molecular complexity index is 646.